The molecule has 0 aromatic carbocycles. The summed E-state index contributed by atoms with van der Waals surface area (Å²) in [5, 5.41) is 9.87. The first-order valence-electron chi connectivity index (χ1n) is 7.57. The van der Waals surface area contributed by atoms with Crippen LogP contribution in [0.2, 0.25) is 0 Å². The number of carbonyl (C=O) groups is 1. The van der Waals surface area contributed by atoms with Crippen LogP contribution in [-0.4, -0.2) is 45.6 Å². The number of nitrogens with zero attached hydrogens (tertiary/aromatic N) is 1. The van der Waals surface area contributed by atoms with E-state index in [-0.39, 0.29) is 13.0 Å². The quantitative estimate of drug-likeness (QED) is 0.431. The molecule has 0 fully saturated rings. The Morgan fingerprint density at radius 3 is 2.09 bits per heavy atom. The van der Waals surface area contributed by atoms with Gasteiger partial charge in [-0.15, -0.1) is 0 Å². The van der Waals surface area contributed by atoms with Crippen molar-refractivity contribution in [1.82, 2.24) is 0 Å². The fourth-order valence-corrected chi connectivity index (χ4v) is 1.42. The predicted molar refractivity (Wildman–Crippen MR) is 80.1 cm³/mol. The molecule has 6 heteroatoms. The summed E-state index contributed by atoms with van der Waals surface area (Å²) in [5.41, 5.74) is 0. The zero-order valence-electron chi connectivity index (χ0n) is 13.5. The van der Waals surface area contributed by atoms with Gasteiger partial charge in [-0.05, 0) is 13.8 Å². The molecule has 0 aliphatic rings. The molecule has 1 rings (SSSR count). The van der Waals surface area contributed by atoms with E-state index in [2.05, 4.69) is 4.57 Å². The van der Waals surface area contributed by atoms with E-state index >= 15 is 0 Å². The van der Waals surface area contributed by atoms with Crippen LogP contribution in [0.4, 0.5) is 0 Å². The molecule has 1 heterocycles. The van der Waals surface area contributed by atoms with E-state index in [9.17, 15) is 9.90 Å². The van der Waals surface area contributed by atoms with Gasteiger partial charge in [-0.3, -0.25) is 0 Å². The van der Waals surface area contributed by atoms with Crippen molar-refractivity contribution in [3.8, 4) is 0 Å². The molecular formula is C16H27NO5. The Kier molecular flexibility index (Phi) is 14.8. The number of hydrogen-bond donors (Lipinski definition) is 0. The first-order chi connectivity index (χ1) is 10.7. The van der Waals surface area contributed by atoms with Gasteiger partial charge in [-0.25, -0.2) is 4.57 Å². The van der Waals surface area contributed by atoms with E-state index in [4.69, 9.17) is 14.2 Å². The van der Waals surface area contributed by atoms with Gasteiger partial charge in [-0.1, -0.05) is 6.07 Å². The van der Waals surface area contributed by atoms with Crippen LogP contribution in [0, 0.1) is 0 Å². The highest BCUT2D eigenvalue weighted by molar-refractivity contribution is 5.64. The lowest BCUT2D eigenvalue weighted by atomic mass is 10.5. The van der Waals surface area contributed by atoms with Crippen LogP contribution < -0.4 is 9.67 Å². The molecular weight excluding hydrogens is 286 g/mol. The smallest absolute Gasteiger partial charge is 0.171 e. The molecule has 1 aromatic rings. The number of carboxylic acids is 1. The second-order valence-electron chi connectivity index (χ2n) is 4.24. The molecule has 0 unspecified atom stereocenters. The summed E-state index contributed by atoms with van der Waals surface area (Å²) in [7, 11) is 0. The summed E-state index contributed by atoms with van der Waals surface area (Å²) < 4.78 is 17.2. The summed E-state index contributed by atoms with van der Waals surface area (Å²) in [4.78, 5) is 9.87. The molecule has 0 atom stereocenters. The van der Waals surface area contributed by atoms with Gasteiger partial charge in [0.05, 0.1) is 19.8 Å². The third-order valence-electron chi connectivity index (χ3n) is 2.50. The third-order valence-corrected chi connectivity index (χ3v) is 2.50. The fraction of sp³-hybridized carbons (Fsp3) is 0.625. The number of aliphatic carboxylic acids is 1. The van der Waals surface area contributed by atoms with Crippen LogP contribution >= 0.6 is 0 Å². The fourth-order valence-electron chi connectivity index (χ4n) is 1.42. The molecule has 0 amide bonds. The van der Waals surface area contributed by atoms with Crippen molar-refractivity contribution in [2.24, 2.45) is 0 Å². The number of hydrogen-bond acceptors (Lipinski definition) is 5. The second-order valence-corrected chi connectivity index (χ2v) is 4.24. The highest BCUT2D eigenvalue weighted by Crippen LogP contribution is 1.81. The lowest BCUT2D eigenvalue weighted by Crippen LogP contribution is -2.34. The molecule has 22 heavy (non-hydrogen) atoms. The van der Waals surface area contributed by atoms with Crippen molar-refractivity contribution in [2.75, 3.05) is 39.6 Å². The molecule has 0 aliphatic heterocycles. The zero-order chi connectivity index (χ0) is 16.5. The SMILES string of the molecule is CCOCCOCCC(=O)[O-].CCOCC[n+]1ccccc1. The summed E-state index contributed by atoms with van der Waals surface area (Å²) in [6, 6.07) is 6.05. The van der Waals surface area contributed by atoms with Gasteiger partial charge >= 0.3 is 0 Å². The average molecular weight is 313 g/mol. The minimum atomic E-state index is -1.08. The molecule has 0 spiro atoms. The Morgan fingerprint density at radius 2 is 1.50 bits per heavy atom. The number of rotatable bonds is 11. The van der Waals surface area contributed by atoms with E-state index in [1.165, 1.54) is 0 Å². The van der Waals surface area contributed by atoms with Crippen molar-refractivity contribution >= 4 is 5.97 Å². The van der Waals surface area contributed by atoms with Crippen LogP contribution in [0.5, 0.6) is 0 Å². The van der Waals surface area contributed by atoms with Crippen LogP contribution in [0.15, 0.2) is 30.6 Å². The topological polar surface area (TPSA) is 71.7 Å². The summed E-state index contributed by atoms with van der Waals surface area (Å²) in [6.45, 7) is 8.26. The number of carbonyl (C=O) groups excluding carboxylic acids is 1. The van der Waals surface area contributed by atoms with Crippen molar-refractivity contribution in [2.45, 2.75) is 26.8 Å². The lowest BCUT2D eigenvalue weighted by Gasteiger charge is -2.04. The Bertz CT molecular complexity index is 359. The standard InChI is InChI=1S/C9H14NO.C7H14O4/c1-2-11-9-8-10-6-4-3-5-7-10;1-2-10-5-6-11-4-3-7(8)9/h3-7H,2,8-9H2,1H3;2-6H2,1H3,(H,8,9)/q+1;/p-1. The molecule has 1 aromatic heterocycles. The van der Waals surface area contributed by atoms with Gasteiger partial charge in [0.1, 0.15) is 6.61 Å². The van der Waals surface area contributed by atoms with Crippen molar-refractivity contribution in [3.63, 3.8) is 0 Å². The van der Waals surface area contributed by atoms with Gasteiger partial charge in [0.2, 0.25) is 0 Å². The molecule has 126 valence electrons. The van der Waals surface area contributed by atoms with Crippen LogP contribution in [0.1, 0.15) is 20.3 Å². The van der Waals surface area contributed by atoms with Gasteiger partial charge < -0.3 is 24.1 Å². The maximum Gasteiger partial charge on any atom is 0.171 e. The molecule has 0 aliphatic carbocycles. The Balaban J connectivity index is 0.000000401. The Hall–Kier alpha value is -1.50. The number of carboxylic acid groups (broad SMARTS) is 1. The summed E-state index contributed by atoms with van der Waals surface area (Å²) in [5.74, 6) is -1.08. The largest absolute Gasteiger partial charge is 0.550 e. The molecule has 0 radical (unpaired) electrons. The van der Waals surface area contributed by atoms with E-state index in [0.29, 0.717) is 19.8 Å². The van der Waals surface area contributed by atoms with Crippen LogP contribution in [-0.2, 0) is 25.5 Å². The maximum atomic E-state index is 9.87. The van der Waals surface area contributed by atoms with Gasteiger partial charge in [0.25, 0.3) is 0 Å². The van der Waals surface area contributed by atoms with Crippen molar-refractivity contribution < 1.29 is 28.7 Å². The highest BCUT2D eigenvalue weighted by Gasteiger charge is 1.95. The average Bonchev–Trinajstić information content (AvgIpc) is 2.52. The minimum Gasteiger partial charge on any atom is -0.550 e. The van der Waals surface area contributed by atoms with Crippen molar-refractivity contribution in [3.05, 3.63) is 30.6 Å². The summed E-state index contributed by atoms with van der Waals surface area (Å²) >= 11 is 0. The second kappa shape index (κ2) is 15.9. The first kappa shape index (κ1) is 20.5. The van der Waals surface area contributed by atoms with E-state index in [1.807, 2.05) is 44.4 Å². The van der Waals surface area contributed by atoms with Gasteiger partial charge in [0, 0.05) is 37.7 Å². The highest BCUT2D eigenvalue weighted by atomic mass is 16.5. The molecule has 0 bridgehead atoms. The maximum absolute atomic E-state index is 9.87. The Labute approximate surface area is 132 Å². The van der Waals surface area contributed by atoms with Crippen LogP contribution in [0.25, 0.3) is 0 Å². The first-order valence-corrected chi connectivity index (χ1v) is 7.57. The van der Waals surface area contributed by atoms with E-state index < -0.39 is 5.97 Å². The third kappa shape index (κ3) is 14.9. The minimum absolute atomic E-state index is 0.0495. The lowest BCUT2D eigenvalue weighted by molar-refractivity contribution is -0.698. The van der Waals surface area contributed by atoms with Gasteiger partial charge in [0.15, 0.2) is 18.9 Å². The molecule has 0 saturated carbocycles. The van der Waals surface area contributed by atoms with Crippen molar-refractivity contribution in [1.29, 1.82) is 0 Å². The number of ether oxygens (including phenoxy) is 3. The number of pyridine rings is 1. The summed E-state index contributed by atoms with van der Waals surface area (Å²) in [6.07, 6.45) is 4.03. The number of aromatic nitrogens is 1. The normalized spacial score (nSPS) is 9.91. The molecule has 0 saturated heterocycles. The van der Waals surface area contributed by atoms with E-state index in [1.54, 1.807) is 0 Å². The zero-order valence-corrected chi connectivity index (χ0v) is 13.5. The monoisotopic (exact) mass is 313 g/mol. The Morgan fingerprint density at radius 1 is 0.909 bits per heavy atom. The molecule has 0 N–H and O–H groups in total. The van der Waals surface area contributed by atoms with Gasteiger partial charge in [-0.2, -0.15) is 0 Å². The predicted octanol–water partition coefficient (Wildman–Crippen LogP) is 0.190. The van der Waals surface area contributed by atoms with E-state index in [0.717, 1.165) is 19.8 Å². The van der Waals surface area contributed by atoms with Crippen LogP contribution in [0.3, 0.4) is 0 Å². The molecule has 6 nitrogen and oxygen atoms in total.